The SMILES string of the molecule is CCC(=O)N[C@@H](Cc1nc2ccc(CC)cc2s1)C(=O)NC(CNC(=O)C(C)CN1CCCC1)Cc1ccccc1. The number of carbonyl (C=O) groups is 3. The zero-order valence-electron chi connectivity index (χ0n) is 24.4. The first-order chi connectivity index (χ1) is 19.8. The normalized spacial score (nSPS) is 15.8. The van der Waals surface area contributed by atoms with Gasteiger partial charge in [-0.05, 0) is 62.0 Å². The molecule has 3 atom stereocenters. The van der Waals surface area contributed by atoms with Crippen LogP contribution in [0.1, 0.15) is 56.2 Å². The van der Waals surface area contributed by atoms with E-state index in [-0.39, 0.29) is 36.1 Å². The number of benzene rings is 2. The second-order valence-corrected chi connectivity index (χ2v) is 12.1. The molecule has 0 spiro atoms. The Hall–Kier alpha value is -3.30. The third-order valence-corrected chi connectivity index (χ3v) is 8.67. The Morgan fingerprint density at radius 2 is 1.71 bits per heavy atom. The molecule has 0 saturated carbocycles. The number of thiazole rings is 1. The third kappa shape index (κ3) is 9.10. The molecule has 1 saturated heterocycles. The largest absolute Gasteiger partial charge is 0.354 e. The van der Waals surface area contributed by atoms with Gasteiger partial charge in [0.25, 0.3) is 0 Å². The molecule has 0 aliphatic carbocycles. The minimum Gasteiger partial charge on any atom is -0.354 e. The van der Waals surface area contributed by atoms with Gasteiger partial charge >= 0.3 is 0 Å². The van der Waals surface area contributed by atoms with Crippen LogP contribution in [0.4, 0.5) is 0 Å². The van der Waals surface area contributed by atoms with Gasteiger partial charge in [0, 0.05) is 31.8 Å². The number of amides is 3. The maximum absolute atomic E-state index is 13.7. The van der Waals surface area contributed by atoms with Crippen LogP contribution >= 0.6 is 11.3 Å². The quantitative estimate of drug-likeness (QED) is 0.270. The van der Waals surface area contributed by atoms with Gasteiger partial charge in [-0.25, -0.2) is 4.98 Å². The minimum absolute atomic E-state index is 0.0130. The monoisotopic (exact) mass is 577 g/mol. The number of hydrogen-bond donors (Lipinski definition) is 3. The number of aromatic nitrogens is 1. The molecular formula is C32H43N5O3S. The number of likely N-dealkylation sites (tertiary alicyclic amines) is 1. The Morgan fingerprint density at radius 1 is 0.951 bits per heavy atom. The maximum Gasteiger partial charge on any atom is 0.243 e. The molecule has 0 radical (unpaired) electrons. The van der Waals surface area contributed by atoms with Crippen LogP contribution in [0.2, 0.25) is 0 Å². The summed E-state index contributed by atoms with van der Waals surface area (Å²) < 4.78 is 1.08. The minimum atomic E-state index is -0.767. The van der Waals surface area contributed by atoms with Crippen LogP contribution < -0.4 is 16.0 Å². The standard InChI is InChI=1S/C32H43N5O3S/c1-4-23-13-14-26-28(18-23)41-30(36-26)19-27(35-29(38)5-2)32(40)34-25(17-24-11-7-6-8-12-24)20-33-31(39)22(3)21-37-15-9-10-16-37/h6-8,11-14,18,22,25,27H,4-5,9-10,15-17,19-21H2,1-3H3,(H,33,39)(H,34,40)(H,35,38)/t22?,25?,27-/m0/s1. The predicted octanol–water partition coefficient (Wildman–Crippen LogP) is 3.87. The lowest BCUT2D eigenvalue weighted by molar-refractivity contribution is -0.129. The van der Waals surface area contributed by atoms with Crippen molar-refractivity contribution >= 4 is 39.3 Å². The van der Waals surface area contributed by atoms with Crippen molar-refractivity contribution in [2.75, 3.05) is 26.2 Å². The Morgan fingerprint density at radius 3 is 2.41 bits per heavy atom. The van der Waals surface area contributed by atoms with E-state index in [0.29, 0.717) is 19.4 Å². The average molecular weight is 578 g/mol. The van der Waals surface area contributed by atoms with Crippen LogP contribution in [-0.2, 0) is 33.6 Å². The topological polar surface area (TPSA) is 103 Å². The lowest BCUT2D eigenvalue weighted by atomic mass is 10.0. The van der Waals surface area contributed by atoms with Gasteiger partial charge < -0.3 is 20.9 Å². The molecule has 2 unspecified atom stereocenters. The first kappa shape index (κ1) is 30.7. The molecule has 41 heavy (non-hydrogen) atoms. The number of nitrogens with one attached hydrogen (secondary N) is 3. The summed E-state index contributed by atoms with van der Waals surface area (Å²) in [6.45, 7) is 8.98. The van der Waals surface area contributed by atoms with E-state index >= 15 is 0 Å². The highest BCUT2D eigenvalue weighted by Crippen LogP contribution is 2.24. The lowest BCUT2D eigenvalue weighted by Crippen LogP contribution is -2.54. The number of fused-ring (bicyclic) bond motifs is 1. The molecular weight excluding hydrogens is 534 g/mol. The molecule has 4 rings (SSSR count). The van der Waals surface area contributed by atoms with Crippen molar-refractivity contribution in [3.8, 4) is 0 Å². The number of hydrogen-bond acceptors (Lipinski definition) is 6. The summed E-state index contributed by atoms with van der Waals surface area (Å²) in [5.41, 5.74) is 3.20. The van der Waals surface area contributed by atoms with Crippen molar-refractivity contribution in [1.82, 2.24) is 25.8 Å². The fourth-order valence-electron chi connectivity index (χ4n) is 5.21. The summed E-state index contributed by atoms with van der Waals surface area (Å²) in [6, 6.07) is 15.0. The van der Waals surface area contributed by atoms with Crippen molar-refractivity contribution in [3.05, 3.63) is 64.7 Å². The van der Waals surface area contributed by atoms with Crippen LogP contribution in [-0.4, -0.2) is 65.9 Å². The molecule has 0 bridgehead atoms. The summed E-state index contributed by atoms with van der Waals surface area (Å²) in [5.74, 6) is -0.616. The van der Waals surface area contributed by atoms with Crippen molar-refractivity contribution in [2.24, 2.45) is 5.92 Å². The van der Waals surface area contributed by atoms with E-state index in [4.69, 9.17) is 4.98 Å². The highest BCUT2D eigenvalue weighted by molar-refractivity contribution is 7.18. The van der Waals surface area contributed by atoms with Gasteiger partial charge in [0.15, 0.2) is 0 Å². The van der Waals surface area contributed by atoms with Crippen LogP contribution in [0.25, 0.3) is 10.2 Å². The van der Waals surface area contributed by atoms with Crippen LogP contribution in [0, 0.1) is 5.92 Å². The van der Waals surface area contributed by atoms with Gasteiger partial charge in [0.1, 0.15) is 6.04 Å². The molecule has 1 aliphatic heterocycles. The van der Waals surface area contributed by atoms with E-state index in [0.717, 1.165) is 46.8 Å². The third-order valence-electron chi connectivity index (χ3n) is 7.63. The molecule has 9 heteroatoms. The molecule has 1 aliphatic rings. The van der Waals surface area contributed by atoms with Crippen molar-refractivity contribution in [3.63, 3.8) is 0 Å². The number of carbonyl (C=O) groups excluding carboxylic acids is 3. The zero-order valence-corrected chi connectivity index (χ0v) is 25.3. The van der Waals surface area contributed by atoms with E-state index < -0.39 is 6.04 Å². The first-order valence-corrected chi connectivity index (χ1v) is 15.7. The highest BCUT2D eigenvalue weighted by atomic mass is 32.1. The smallest absolute Gasteiger partial charge is 0.243 e. The number of rotatable bonds is 14. The van der Waals surface area contributed by atoms with E-state index in [2.05, 4.69) is 39.9 Å². The summed E-state index contributed by atoms with van der Waals surface area (Å²) in [6.07, 6.45) is 4.45. The molecule has 1 aromatic heterocycles. The molecule has 2 heterocycles. The zero-order chi connectivity index (χ0) is 29.2. The van der Waals surface area contributed by atoms with Gasteiger partial charge in [-0.2, -0.15) is 0 Å². The summed E-state index contributed by atoms with van der Waals surface area (Å²) >= 11 is 1.56. The average Bonchev–Trinajstić information content (AvgIpc) is 3.64. The van der Waals surface area contributed by atoms with E-state index in [9.17, 15) is 14.4 Å². The van der Waals surface area contributed by atoms with E-state index in [1.807, 2.05) is 43.3 Å². The first-order valence-electron chi connectivity index (χ1n) is 14.9. The molecule has 3 N–H and O–H groups in total. The molecule has 1 fully saturated rings. The fraction of sp³-hybridized carbons (Fsp3) is 0.500. The summed E-state index contributed by atoms with van der Waals surface area (Å²) in [5, 5.41) is 9.90. The van der Waals surface area contributed by atoms with Gasteiger partial charge in [-0.1, -0.05) is 57.2 Å². The van der Waals surface area contributed by atoms with Gasteiger partial charge in [-0.15, -0.1) is 11.3 Å². The van der Waals surface area contributed by atoms with Gasteiger partial charge in [-0.3, -0.25) is 14.4 Å². The molecule has 2 aromatic carbocycles. The summed E-state index contributed by atoms with van der Waals surface area (Å²) in [7, 11) is 0. The molecule has 8 nitrogen and oxygen atoms in total. The Balaban J connectivity index is 1.45. The fourth-order valence-corrected chi connectivity index (χ4v) is 6.29. The molecule has 3 amide bonds. The Labute approximate surface area is 247 Å². The van der Waals surface area contributed by atoms with E-state index in [1.165, 1.54) is 18.4 Å². The van der Waals surface area contributed by atoms with Crippen LogP contribution in [0.15, 0.2) is 48.5 Å². The van der Waals surface area contributed by atoms with Crippen molar-refractivity contribution in [1.29, 1.82) is 0 Å². The van der Waals surface area contributed by atoms with E-state index in [1.54, 1.807) is 18.3 Å². The molecule has 220 valence electrons. The highest BCUT2D eigenvalue weighted by Gasteiger charge is 2.26. The van der Waals surface area contributed by atoms with Gasteiger partial charge in [0.2, 0.25) is 17.7 Å². The number of nitrogens with zero attached hydrogens (tertiary/aromatic N) is 2. The lowest BCUT2D eigenvalue weighted by Gasteiger charge is -2.25. The number of aryl methyl sites for hydroxylation is 1. The second-order valence-electron chi connectivity index (χ2n) is 11.0. The van der Waals surface area contributed by atoms with Crippen molar-refractivity contribution < 1.29 is 14.4 Å². The van der Waals surface area contributed by atoms with Gasteiger partial charge in [0.05, 0.1) is 21.3 Å². The Kier molecular flexibility index (Phi) is 11.3. The van der Waals surface area contributed by atoms with Crippen molar-refractivity contribution in [2.45, 2.75) is 71.4 Å². The molecule has 3 aromatic rings. The second kappa shape index (κ2) is 15.1. The van der Waals surface area contributed by atoms with Crippen LogP contribution in [0.5, 0.6) is 0 Å². The predicted molar refractivity (Wildman–Crippen MR) is 165 cm³/mol. The summed E-state index contributed by atoms with van der Waals surface area (Å²) in [4.78, 5) is 46.1. The van der Waals surface area contributed by atoms with Crippen LogP contribution in [0.3, 0.4) is 0 Å². The maximum atomic E-state index is 13.7. The Bertz CT molecular complexity index is 1310.